The minimum Gasteiger partial charge on any atom is -0.288 e. The van der Waals surface area contributed by atoms with Crippen LogP contribution in [0.15, 0.2) is 47.4 Å². The molecule has 2 heterocycles. The first-order chi connectivity index (χ1) is 14.8. The zero-order chi connectivity index (χ0) is 22.2. The second kappa shape index (κ2) is 8.60. The average Bonchev–Trinajstić information content (AvgIpc) is 3.19. The molecule has 0 aliphatic carbocycles. The van der Waals surface area contributed by atoms with E-state index in [9.17, 15) is 22.0 Å². The molecule has 1 amide bonds. The van der Waals surface area contributed by atoms with E-state index < -0.39 is 26.6 Å². The van der Waals surface area contributed by atoms with Gasteiger partial charge in [0.25, 0.3) is 0 Å². The second-order valence-corrected chi connectivity index (χ2v) is 10.2. The Morgan fingerprint density at radius 2 is 1.90 bits per heavy atom. The van der Waals surface area contributed by atoms with Crippen LogP contribution in [0.25, 0.3) is 10.2 Å². The van der Waals surface area contributed by atoms with Crippen LogP contribution >= 0.6 is 11.3 Å². The van der Waals surface area contributed by atoms with Gasteiger partial charge in [0, 0.05) is 25.6 Å². The fourth-order valence-electron chi connectivity index (χ4n) is 3.74. The maximum atomic E-state index is 14.0. The van der Waals surface area contributed by atoms with E-state index >= 15 is 0 Å². The highest BCUT2D eigenvalue weighted by Gasteiger charge is 2.35. The zero-order valence-corrected chi connectivity index (χ0v) is 18.4. The van der Waals surface area contributed by atoms with Gasteiger partial charge in [0.1, 0.15) is 16.5 Å². The number of halogens is 2. The lowest BCUT2D eigenvalue weighted by Gasteiger charge is -2.32. The van der Waals surface area contributed by atoms with Crippen molar-refractivity contribution in [3.8, 4) is 0 Å². The van der Waals surface area contributed by atoms with Crippen molar-refractivity contribution in [3.63, 3.8) is 0 Å². The number of thiazole rings is 1. The Hall–Kier alpha value is -2.43. The Morgan fingerprint density at radius 3 is 2.58 bits per heavy atom. The lowest BCUT2D eigenvalue weighted by Crippen LogP contribution is -2.44. The third-order valence-electron chi connectivity index (χ3n) is 5.41. The van der Waals surface area contributed by atoms with E-state index in [2.05, 4.69) is 4.98 Å². The van der Waals surface area contributed by atoms with Crippen molar-refractivity contribution >= 4 is 42.6 Å². The SMILES string of the molecule is CCN(C(=O)C1CCN(S(=O)(=O)c2cc(F)ccc2F)CC1)c1nc2ccccc2s1. The number of hydrogen-bond donors (Lipinski definition) is 0. The zero-order valence-electron chi connectivity index (χ0n) is 16.8. The first-order valence-electron chi connectivity index (χ1n) is 9.93. The molecule has 10 heteroatoms. The summed E-state index contributed by atoms with van der Waals surface area (Å²) in [6, 6.07) is 10.0. The number of aromatic nitrogens is 1. The van der Waals surface area contributed by atoms with Crippen molar-refractivity contribution in [2.75, 3.05) is 24.5 Å². The van der Waals surface area contributed by atoms with E-state index in [0.29, 0.717) is 30.6 Å². The number of rotatable bonds is 5. The second-order valence-electron chi connectivity index (χ2n) is 7.30. The number of carbonyl (C=O) groups is 1. The van der Waals surface area contributed by atoms with E-state index in [-0.39, 0.29) is 24.9 Å². The minimum atomic E-state index is -4.18. The summed E-state index contributed by atoms with van der Waals surface area (Å²) in [5, 5.41) is 0.616. The number of nitrogens with zero attached hydrogens (tertiary/aromatic N) is 3. The number of piperidine rings is 1. The maximum Gasteiger partial charge on any atom is 0.246 e. The van der Waals surface area contributed by atoms with Gasteiger partial charge in [-0.15, -0.1) is 0 Å². The number of anilines is 1. The van der Waals surface area contributed by atoms with Gasteiger partial charge in [-0.3, -0.25) is 9.69 Å². The molecule has 0 spiro atoms. The van der Waals surface area contributed by atoms with Crippen LogP contribution in [0.4, 0.5) is 13.9 Å². The van der Waals surface area contributed by atoms with Gasteiger partial charge in [-0.05, 0) is 50.1 Å². The molecule has 1 aliphatic rings. The highest BCUT2D eigenvalue weighted by Crippen LogP contribution is 2.32. The number of benzene rings is 2. The summed E-state index contributed by atoms with van der Waals surface area (Å²) < 4.78 is 55.1. The number of hydrogen-bond acceptors (Lipinski definition) is 5. The normalized spacial score (nSPS) is 16.0. The van der Waals surface area contributed by atoms with Crippen molar-refractivity contribution in [3.05, 3.63) is 54.1 Å². The van der Waals surface area contributed by atoms with Gasteiger partial charge >= 0.3 is 0 Å². The lowest BCUT2D eigenvalue weighted by atomic mass is 9.96. The van der Waals surface area contributed by atoms with Gasteiger partial charge in [-0.2, -0.15) is 4.31 Å². The quantitative estimate of drug-likeness (QED) is 0.571. The van der Waals surface area contributed by atoms with Crippen LogP contribution in [0.2, 0.25) is 0 Å². The number of carbonyl (C=O) groups excluding carboxylic acids is 1. The van der Waals surface area contributed by atoms with Gasteiger partial charge in [0.05, 0.1) is 10.2 Å². The highest BCUT2D eigenvalue weighted by molar-refractivity contribution is 7.89. The van der Waals surface area contributed by atoms with Crippen molar-refractivity contribution < 1.29 is 22.0 Å². The molecule has 4 rings (SSSR count). The summed E-state index contributed by atoms with van der Waals surface area (Å²) in [5.41, 5.74) is 0.826. The summed E-state index contributed by atoms with van der Waals surface area (Å²) >= 11 is 1.44. The summed E-state index contributed by atoms with van der Waals surface area (Å²) in [4.78, 5) is 18.7. The predicted molar refractivity (Wildman–Crippen MR) is 115 cm³/mol. The van der Waals surface area contributed by atoms with Crippen molar-refractivity contribution in [1.29, 1.82) is 0 Å². The number of para-hydroxylation sites is 1. The van der Waals surface area contributed by atoms with Crippen molar-refractivity contribution in [2.45, 2.75) is 24.7 Å². The van der Waals surface area contributed by atoms with Gasteiger partial charge < -0.3 is 0 Å². The molecule has 1 fully saturated rings. The summed E-state index contributed by atoms with van der Waals surface area (Å²) in [6.45, 7) is 2.44. The molecular formula is C21H21F2N3O3S2. The molecule has 0 bridgehead atoms. The van der Waals surface area contributed by atoms with Crippen molar-refractivity contribution in [1.82, 2.24) is 9.29 Å². The molecule has 6 nitrogen and oxygen atoms in total. The third-order valence-corrected chi connectivity index (χ3v) is 8.38. The molecule has 31 heavy (non-hydrogen) atoms. The molecule has 2 aromatic carbocycles. The molecular weight excluding hydrogens is 444 g/mol. The minimum absolute atomic E-state index is 0.0616. The maximum absolute atomic E-state index is 14.0. The highest BCUT2D eigenvalue weighted by atomic mass is 32.2. The number of fused-ring (bicyclic) bond motifs is 1. The summed E-state index contributed by atoms with van der Waals surface area (Å²) in [6.07, 6.45) is 0.604. The van der Waals surface area contributed by atoms with E-state index in [1.807, 2.05) is 31.2 Å². The van der Waals surface area contributed by atoms with Crippen LogP contribution in [0.3, 0.4) is 0 Å². The lowest BCUT2D eigenvalue weighted by molar-refractivity contribution is -0.123. The van der Waals surface area contributed by atoms with Crippen LogP contribution in [-0.2, 0) is 14.8 Å². The molecule has 3 aromatic rings. The van der Waals surface area contributed by atoms with Gasteiger partial charge in [0.2, 0.25) is 15.9 Å². The van der Waals surface area contributed by atoms with Crippen LogP contribution in [0.5, 0.6) is 0 Å². The van der Waals surface area contributed by atoms with Crippen molar-refractivity contribution in [2.24, 2.45) is 5.92 Å². The van der Waals surface area contributed by atoms with E-state index in [1.54, 1.807) is 4.90 Å². The van der Waals surface area contributed by atoms with E-state index in [4.69, 9.17) is 0 Å². The Kier molecular flexibility index (Phi) is 6.05. The largest absolute Gasteiger partial charge is 0.288 e. The fourth-order valence-corrected chi connectivity index (χ4v) is 6.32. The number of sulfonamides is 1. The Bertz CT molecular complexity index is 1190. The van der Waals surface area contributed by atoms with Gasteiger partial charge in [0.15, 0.2) is 5.13 Å². The van der Waals surface area contributed by atoms with E-state index in [1.165, 1.54) is 11.3 Å². The van der Waals surface area contributed by atoms with Gasteiger partial charge in [-0.1, -0.05) is 23.5 Å². The molecule has 164 valence electrons. The van der Waals surface area contributed by atoms with Crippen LogP contribution in [0.1, 0.15) is 19.8 Å². The standard InChI is InChI=1S/C21H21F2N3O3S2/c1-2-26(21-24-17-5-3-4-6-18(17)30-21)20(27)14-9-11-25(12-10-14)31(28,29)19-13-15(22)7-8-16(19)23/h3-8,13-14H,2,9-12H2,1H3. The molecule has 0 N–H and O–H groups in total. The molecule has 0 atom stereocenters. The van der Waals surface area contributed by atoms with E-state index in [0.717, 1.165) is 26.7 Å². The Balaban J connectivity index is 1.48. The first kappa shape index (κ1) is 21.8. The average molecular weight is 466 g/mol. The first-order valence-corrected chi connectivity index (χ1v) is 12.2. The summed E-state index contributed by atoms with van der Waals surface area (Å²) in [5.74, 6) is -2.28. The monoisotopic (exact) mass is 465 g/mol. The molecule has 0 radical (unpaired) electrons. The molecule has 0 saturated carbocycles. The molecule has 1 aromatic heterocycles. The Morgan fingerprint density at radius 1 is 1.19 bits per heavy atom. The molecule has 0 unspecified atom stereocenters. The van der Waals surface area contributed by atoms with Gasteiger partial charge in [-0.25, -0.2) is 22.2 Å². The van der Waals surface area contributed by atoms with Crippen LogP contribution in [0, 0.1) is 17.6 Å². The van der Waals surface area contributed by atoms with Crippen LogP contribution in [-0.4, -0.2) is 43.2 Å². The topological polar surface area (TPSA) is 70.6 Å². The Labute approximate surface area is 183 Å². The number of amides is 1. The molecule has 1 aliphatic heterocycles. The fraction of sp³-hybridized carbons (Fsp3) is 0.333. The molecule has 1 saturated heterocycles. The predicted octanol–water partition coefficient (Wildman–Crippen LogP) is 4.03. The third kappa shape index (κ3) is 4.19. The van der Waals surface area contributed by atoms with Crippen LogP contribution < -0.4 is 4.90 Å². The smallest absolute Gasteiger partial charge is 0.246 e. The summed E-state index contributed by atoms with van der Waals surface area (Å²) in [7, 11) is -4.18.